The largest absolute Gasteiger partial charge is 0.507 e. The molecule has 1 N–H and O–H groups in total. The molecule has 0 atom stereocenters. The number of hydrogen-bond donors (Lipinski definition) is 1. The van der Waals surface area contributed by atoms with Crippen LogP contribution < -0.4 is 0 Å². The van der Waals surface area contributed by atoms with E-state index in [9.17, 15) is 5.11 Å². The van der Waals surface area contributed by atoms with Gasteiger partial charge in [0.1, 0.15) is 5.75 Å². The van der Waals surface area contributed by atoms with Crippen molar-refractivity contribution in [2.24, 2.45) is 0 Å². The highest BCUT2D eigenvalue weighted by molar-refractivity contribution is 5.52. The van der Waals surface area contributed by atoms with E-state index in [0.717, 1.165) is 11.1 Å². The highest BCUT2D eigenvalue weighted by Crippen LogP contribution is 2.26. The van der Waals surface area contributed by atoms with Crippen LogP contribution in [0.2, 0.25) is 0 Å². The Hall–Kier alpha value is -1.49. The third-order valence-electron chi connectivity index (χ3n) is 2.19. The Balaban J connectivity index is 3.52. The molecule has 0 saturated carbocycles. The Kier molecular flexibility index (Phi) is 2.05. The molecular weight excluding hydrogens is 150 g/mol. The molecule has 62 valence electrons. The van der Waals surface area contributed by atoms with Crippen LogP contribution in [0.25, 0.3) is 0 Å². The second-order valence-electron chi connectivity index (χ2n) is 2.95. The molecule has 0 aliphatic heterocycles. The van der Waals surface area contributed by atoms with Crippen LogP contribution in [0.1, 0.15) is 22.3 Å². The minimum atomic E-state index is 0.242. The molecule has 12 heavy (non-hydrogen) atoms. The van der Waals surface area contributed by atoms with E-state index in [-0.39, 0.29) is 5.75 Å². The van der Waals surface area contributed by atoms with Gasteiger partial charge in [0.15, 0.2) is 0 Å². The molecule has 0 radical (unpaired) electrons. The first-order chi connectivity index (χ1) is 5.57. The summed E-state index contributed by atoms with van der Waals surface area (Å²) in [5.41, 5.74) is 3.03. The van der Waals surface area contributed by atoms with Gasteiger partial charge >= 0.3 is 0 Å². The van der Waals surface area contributed by atoms with Crippen LogP contribution in [0.15, 0.2) is 6.07 Å². The molecular formula is C10H11NO. The van der Waals surface area contributed by atoms with E-state index in [2.05, 4.69) is 0 Å². The average molecular weight is 161 g/mol. The minimum absolute atomic E-state index is 0.242. The second-order valence-corrected chi connectivity index (χ2v) is 2.95. The quantitative estimate of drug-likeness (QED) is 0.633. The molecule has 2 heteroatoms. The van der Waals surface area contributed by atoms with Gasteiger partial charge in [-0.25, -0.2) is 0 Å². The fraction of sp³-hybridized carbons (Fsp3) is 0.300. The normalized spacial score (nSPS) is 9.50. The molecule has 0 amide bonds. The number of hydrogen-bond acceptors (Lipinski definition) is 2. The lowest BCUT2D eigenvalue weighted by Gasteiger charge is -2.07. The molecule has 0 aromatic heterocycles. The Labute approximate surface area is 72.1 Å². The fourth-order valence-corrected chi connectivity index (χ4v) is 1.14. The van der Waals surface area contributed by atoms with Crippen molar-refractivity contribution in [3.8, 4) is 11.8 Å². The van der Waals surface area contributed by atoms with Gasteiger partial charge in [-0.15, -0.1) is 0 Å². The minimum Gasteiger partial charge on any atom is -0.507 e. The lowest BCUT2D eigenvalue weighted by Crippen LogP contribution is -1.90. The van der Waals surface area contributed by atoms with Crippen LogP contribution >= 0.6 is 0 Å². The van der Waals surface area contributed by atoms with Crippen LogP contribution in [0, 0.1) is 32.1 Å². The monoisotopic (exact) mass is 161 g/mol. The van der Waals surface area contributed by atoms with Gasteiger partial charge in [0.25, 0.3) is 0 Å². The number of aromatic hydroxyl groups is 1. The molecule has 1 rings (SSSR count). The molecule has 2 nitrogen and oxygen atoms in total. The second kappa shape index (κ2) is 2.86. The summed E-state index contributed by atoms with van der Waals surface area (Å²) in [7, 11) is 0. The molecule has 0 aliphatic carbocycles. The standard InChI is InChI=1S/C10H11NO/c1-6-4-9(5-11)8(3)10(12)7(6)2/h4,12H,1-3H3. The average Bonchev–Trinajstić information content (AvgIpc) is 2.08. The number of phenolic OH excluding ortho intramolecular Hbond substituents is 1. The highest BCUT2D eigenvalue weighted by Gasteiger charge is 2.07. The Morgan fingerprint density at radius 3 is 2.33 bits per heavy atom. The maximum absolute atomic E-state index is 9.55. The summed E-state index contributed by atoms with van der Waals surface area (Å²) in [6.07, 6.45) is 0. The van der Waals surface area contributed by atoms with E-state index < -0.39 is 0 Å². The van der Waals surface area contributed by atoms with E-state index in [1.54, 1.807) is 13.0 Å². The number of aryl methyl sites for hydroxylation is 1. The van der Waals surface area contributed by atoms with Crippen LogP contribution in [0.3, 0.4) is 0 Å². The maximum atomic E-state index is 9.55. The lowest BCUT2D eigenvalue weighted by atomic mass is 10.0. The topological polar surface area (TPSA) is 44.0 Å². The van der Waals surface area contributed by atoms with E-state index in [1.807, 2.05) is 19.9 Å². The number of benzene rings is 1. The third-order valence-corrected chi connectivity index (χ3v) is 2.19. The molecule has 0 saturated heterocycles. The zero-order chi connectivity index (χ0) is 9.30. The lowest BCUT2D eigenvalue weighted by molar-refractivity contribution is 0.466. The summed E-state index contributed by atoms with van der Waals surface area (Å²) < 4.78 is 0. The Morgan fingerprint density at radius 2 is 1.83 bits per heavy atom. The van der Waals surface area contributed by atoms with Gasteiger partial charge in [-0.1, -0.05) is 0 Å². The number of rotatable bonds is 0. The molecule has 0 aliphatic rings. The molecule has 0 heterocycles. The summed E-state index contributed by atoms with van der Waals surface area (Å²) in [6, 6.07) is 3.84. The van der Waals surface area contributed by atoms with E-state index in [4.69, 9.17) is 5.26 Å². The first-order valence-corrected chi connectivity index (χ1v) is 3.77. The summed E-state index contributed by atoms with van der Waals surface area (Å²) in [6.45, 7) is 5.48. The van der Waals surface area contributed by atoms with Crippen molar-refractivity contribution in [1.82, 2.24) is 0 Å². The van der Waals surface area contributed by atoms with Gasteiger partial charge in [-0.2, -0.15) is 5.26 Å². The summed E-state index contributed by atoms with van der Waals surface area (Å²) in [5, 5.41) is 18.2. The number of nitrogens with zero attached hydrogens (tertiary/aromatic N) is 1. The first-order valence-electron chi connectivity index (χ1n) is 3.77. The van der Waals surface area contributed by atoms with Gasteiger partial charge in [0.05, 0.1) is 11.6 Å². The molecule has 0 unspecified atom stereocenters. The highest BCUT2D eigenvalue weighted by atomic mass is 16.3. The predicted molar refractivity (Wildman–Crippen MR) is 47.0 cm³/mol. The van der Waals surface area contributed by atoms with Crippen molar-refractivity contribution >= 4 is 0 Å². The van der Waals surface area contributed by atoms with Gasteiger partial charge in [-0.3, -0.25) is 0 Å². The number of nitriles is 1. The van der Waals surface area contributed by atoms with E-state index >= 15 is 0 Å². The first kappa shape index (κ1) is 8.61. The van der Waals surface area contributed by atoms with Crippen molar-refractivity contribution in [3.05, 3.63) is 28.3 Å². The number of phenols is 1. The Bertz CT molecular complexity index is 361. The molecule has 0 bridgehead atoms. The van der Waals surface area contributed by atoms with Gasteiger partial charge in [0, 0.05) is 5.56 Å². The van der Waals surface area contributed by atoms with Crippen LogP contribution in [-0.2, 0) is 0 Å². The van der Waals surface area contributed by atoms with Crippen LogP contribution in [0.4, 0.5) is 0 Å². The van der Waals surface area contributed by atoms with Crippen molar-refractivity contribution in [3.63, 3.8) is 0 Å². The van der Waals surface area contributed by atoms with Crippen molar-refractivity contribution in [1.29, 1.82) is 5.26 Å². The molecule has 0 spiro atoms. The molecule has 1 aromatic rings. The van der Waals surface area contributed by atoms with E-state index in [1.165, 1.54) is 0 Å². The zero-order valence-electron chi connectivity index (χ0n) is 7.47. The van der Waals surface area contributed by atoms with Crippen LogP contribution in [-0.4, -0.2) is 5.11 Å². The van der Waals surface area contributed by atoms with Gasteiger partial charge in [-0.05, 0) is 38.0 Å². The maximum Gasteiger partial charge on any atom is 0.122 e. The predicted octanol–water partition coefficient (Wildman–Crippen LogP) is 2.19. The van der Waals surface area contributed by atoms with Crippen molar-refractivity contribution < 1.29 is 5.11 Å². The summed E-state index contributed by atoms with van der Waals surface area (Å²) in [5.74, 6) is 0.242. The molecule has 1 aromatic carbocycles. The SMILES string of the molecule is Cc1cc(C#N)c(C)c(O)c1C. The van der Waals surface area contributed by atoms with Crippen molar-refractivity contribution in [2.45, 2.75) is 20.8 Å². The Morgan fingerprint density at radius 1 is 1.25 bits per heavy atom. The van der Waals surface area contributed by atoms with Crippen molar-refractivity contribution in [2.75, 3.05) is 0 Å². The third kappa shape index (κ3) is 1.14. The molecule has 0 fully saturated rings. The van der Waals surface area contributed by atoms with Gasteiger partial charge in [0.2, 0.25) is 0 Å². The summed E-state index contributed by atoms with van der Waals surface area (Å²) >= 11 is 0. The van der Waals surface area contributed by atoms with E-state index in [0.29, 0.717) is 11.1 Å². The smallest absolute Gasteiger partial charge is 0.122 e. The fourth-order valence-electron chi connectivity index (χ4n) is 1.14. The summed E-state index contributed by atoms with van der Waals surface area (Å²) in [4.78, 5) is 0. The van der Waals surface area contributed by atoms with Crippen LogP contribution in [0.5, 0.6) is 5.75 Å². The van der Waals surface area contributed by atoms with Gasteiger partial charge < -0.3 is 5.11 Å². The zero-order valence-corrected chi connectivity index (χ0v) is 7.47.